The van der Waals surface area contributed by atoms with Crippen LogP contribution < -0.4 is 9.16 Å². The Kier molecular flexibility index (Phi) is 6.47. The number of aldehydes is 1. The fourth-order valence-electron chi connectivity index (χ4n) is 2.87. The molecule has 4 heteroatoms. The number of ether oxygens (including phenoxy) is 1. The van der Waals surface area contributed by atoms with E-state index in [0.29, 0.717) is 12.2 Å². The highest BCUT2D eigenvalue weighted by atomic mass is 28.4. The van der Waals surface area contributed by atoms with Crippen LogP contribution in [0.4, 0.5) is 0 Å². The lowest BCUT2D eigenvalue weighted by atomic mass is 10.00. The van der Waals surface area contributed by atoms with Crippen molar-refractivity contribution in [1.82, 2.24) is 0 Å². The molecule has 0 unspecified atom stereocenters. The molecule has 0 aliphatic rings. The third-order valence-corrected chi connectivity index (χ3v) is 10.1. The second-order valence-corrected chi connectivity index (χ2v) is 13.8. The zero-order valence-electron chi connectivity index (χ0n) is 18.4. The summed E-state index contributed by atoms with van der Waals surface area (Å²) in [7, 11) is -1.89. The van der Waals surface area contributed by atoms with Crippen molar-refractivity contribution in [3.63, 3.8) is 0 Å². The maximum atomic E-state index is 11.6. The number of hydrogen-bond acceptors (Lipinski definition) is 3. The Balaban J connectivity index is 1.81. The second kappa shape index (κ2) is 8.88. The Bertz CT molecular complexity index is 987. The summed E-state index contributed by atoms with van der Waals surface area (Å²) in [4.78, 5) is 11.6. The molecular formula is C26H30O3Si. The molecule has 0 amide bonds. The normalized spacial score (nSPS) is 11.8. The van der Waals surface area contributed by atoms with Crippen LogP contribution in [0, 0.1) is 0 Å². The van der Waals surface area contributed by atoms with Crippen molar-refractivity contribution in [2.75, 3.05) is 0 Å². The van der Waals surface area contributed by atoms with E-state index in [2.05, 4.69) is 33.9 Å². The van der Waals surface area contributed by atoms with Gasteiger partial charge in [0.1, 0.15) is 18.1 Å². The van der Waals surface area contributed by atoms with Crippen LogP contribution in [0.3, 0.4) is 0 Å². The van der Waals surface area contributed by atoms with Crippen LogP contribution in [0.2, 0.25) is 18.1 Å². The Labute approximate surface area is 180 Å². The van der Waals surface area contributed by atoms with Crippen molar-refractivity contribution >= 4 is 14.6 Å². The predicted octanol–water partition coefficient (Wildman–Crippen LogP) is 7.13. The Morgan fingerprint density at radius 2 is 1.50 bits per heavy atom. The molecule has 0 fully saturated rings. The van der Waals surface area contributed by atoms with Crippen molar-refractivity contribution in [3.05, 3.63) is 83.9 Å². The summed E-state index contributed by atoms with van der Waals surface area (Å²) in [6.07, 6.45) is 0.885. The maximum absolute atomic E-state index is 11.6. The molecule has 0 N–H and O–H groups in total. The van der Waals surface area contributed by atoms with E-state index in [1.807, 2.05) is 72.8 Å². The van der Waals surface area contributed by atoms with E-state index in [0.717, 1.165) is 34.5 Å². The first-order chi connectivity index (χ1) is 14.2. The Hall–Kier alpha value is -2.85. The van der Waals surface area contributed by atoms with E-state index in [1.165, 1.54) is 0 Å². The first-order valence-electron chi connectivity index (χ1n) is 10.2. The fourth-order valence-corrected chi connectivity index (χ4v) is 3.90. The standard InChI is InChI=1S/C26H30O3Si/c1-26(2,3)30(4,5)29-23-14-11-21(12-15-23)25-17-24(16-13-22(25)18-27)28-19-20-9-7-6-8-10-20/h6-18H,19H2,1-5H3. The van der Waals surface area contributed by atoms with Crippen molar-refractivity contribution < 1.29 is 14.0 Å². The number of rotatable bonds is 7. The number of carbonyl (C=O) groups excluding carboxylic acids is 1. The molecule has 0 radical (unpaired) electrons. The van der Waals surface area contributed by atoms with Gasteiger partial charge in [-0.3, -0.25) is 4.79 Å². The second-order valence-electron chi connectivity index (χ2n) is 9.03. The Morgan fingerprint density at radius 3 is 2.10 bits per heavy atom. The molecule has 0 atom stereocenters. The van der Waals surface area contributed by atoms with Crippen LogP contribution in [0.5, 0.6) is 11.5 Å². The molecule has 0 heterocycles. The van der Waals surface area contributed by atoms with Crippen LogP contribution in [0.15, 0.2) is 72.8 Å². The zero-order chi connectivity index (χ0) is 21.8. The molecule has 3 rings (SSSR count). The quantitative estimate of drug-likeness (QED) is 0.302. The summed E-state index contributed by atoms with van der Waals surface area (Å²) in [6.45, 7) is 11.6. The van der Waals surface area contributed by atoms with Gasteiger partial charge in [0, 0.05) is 5.56 Å². The van der Waals surface area contributed by atoms with Gasteiger partial charge in [0.2, 0.25) is 8.32 Å². The third-order valence-electron chi connectivity index (χ3n) is 5.74. The molecule has 0 saturated heterocycles. The van der Waals surface area contributed by atoms with Gasteiger partial charge in [0.25, 0.3) is 0 Å². The van der Waals surface area contributed by atoms with Gasteiger partial charge >= 0.3 is 0 Å². The molecule has 0 aliphatic heterocycles. The number of benzene rings is 3. The molecule has 156 valence electrons. The first-order valence-corrected chi connectivity index (χ1v) is 13.2. The minimum absolute atomic E-state index is 0.140. The molecule has 3 aromatic rings. The topological polar surface area (TPSA) is 35.5 Å². The van der Waals surface area contributed by atoms with Crippen LogP contribution in [0.1, 0.15) is 36.7 Å². The van der Waals surface area contributed by atoms with Gasteiger partial charge in [-0.2, -0.15) is 0 Å². The molecular weight excluding hydrogens is 388 g/mol. The molecule has 0 spiro atoms. The zero-order valence-corrected chi connectivity index (χ0v) is 19.4. The van der Waals surface area contributed by atoms with Crippen molar-refractivity contribution in [2.24, 2.45) is 0 Å². The van der Waals surface area contributed by atoms with E-state index in [4.69, 9.17) is 9.16 Å². The minimum atomic E-state index is -1.89. The summed E-state index contributed by atoms with van der Waals surface area (Å²) in [5.74, 6) is 1.61. The highest BCUT2D eigenvalue weighted by Gasteiger charge is 2.38. The molecule has 0 saturated carbocycles. The number of hydrogen-bond donors (Lipinski definition) is 0. The van der Waals surface area contributed by atoms with Gasteiger partial charge in [-0.25, -0.2) is 0 Å². The third kappa shape index (κ3) is 5.19. The summed E-state index contributed by atoms with van der Waals surface area (Å²) in [5.41, 5.74) is 3.56. The Morgan fingerprint density at radius 1 is 0.867 bits per heavy atom. The number of carbonyl (C=O) groups is 1. The monoisotopic (exact) mass is 418 g/mol. The van der Waals surface area contributed by atoms with E-state index < -0.39 is 8.32 Å². The van der Waals surface area contributed by atoms with Gasteiger partial charge in [-0.1, -0.05) is 63.2 Å². The van der Waals surface area contributed by atoms with Gasteiger partial charge in [-0.15, -0.1) is 0 Å². The van der Waals surface area contributed by atoms with E-state index in [1.54, 1.807) is 0 Å². The maximum Gasteiger partial charge on any atom is 0.250 e. The van der Waals surface area contributed by atoms with Gasteiger partial charge in [0.05, 0.1) is 0 Å². The van der Waals surface area contributed by atoms with Crippen molar-refractivity contribution in [2.45, 2.75) is 45.5 Å². The average molecular weight is 419 g/mol. The molecule has 30 heavy (non-hydrogen) atoms. The van der Waals surface area contributed by atoms with Crippen LogP contribution in [-0.4, -0.2) is 14.6 Å². The lowest BCUT2D eigenvalue weighted by molar-refractivity contribution is 0.112. The highest BCUT2D eigenvalue weighted by Crippen LogP contribution is 2.38. The van der Waals surface area contributed by atoms with Gasteiger partial charge in [0.15, 0.2) is 6.29 Å². The largest absolute Gasteiger partial charge is 0.544 e. The highest BCUT2D eigenvalue weighted by molar-refractivity contribution is 6.74. The van der Waals surface area contributed by atoms with Crippen molar-refractivity contribution in [1.29, 1.82) is 0 Å². The van der Waals surface area contributed by atoms with Crippen LogP contribution in [-0.2, 0) is 6.61 Å². The SMILES string of the molecule is CC(C)(C)[Si](C)(C)Oc1ccc(-c2cc(OCc3ccccc3)ccc2C=O)cc1. The molecule has 3 nitrogen and oxygen atoms in total. The molecule has 0 aromatic heterocycles. The smallest absolute Gasteiger partial charge is 0.250 e. The molecule has 3 aromatic carbocycles. The predicted molar refractivity (Wildman–Crippen MR) is 126 cm³/mol. The van der Waals surface area contributed by atoms with Crippen molar-refractivity contribution in [3.8, 4) is 22.6 Å². The summed E-state index contributed by atoms with van der Waals surface area (Å²) < 4.78 is 12.3. The van der Waals surface area contributed by atoms with Crippen LogP contribution >= 0.6 is 0 Å². The fraction of sp³-hybridized carbons (Fsp3) is 0.269. The average Bonchev–Trinajstić information content (AvgIpc) is 2.72. The van der Waals surface area contributed by atoms with Gasteiger partial charge < -0.3 is 9.16 Å². The van der Waals surface area contributed by atoms with Gasteiger partial charge in [-0.05, 0) is 65.2 Å². The molecule has 0 aliphatic carbocycles. The minimum Gasteiger partial charge on any atom is -0.544 e. The summed E-state index contributed by atoms with van der Waals surface area (Å²) in [6, 6.07) is 23.6. The van der Waals surface area contributed by atoms with Crippen LogP contribution in [0.25, 0.3) is 11.1 Å². The first kappa shape index (κ1) is 21.8. The molecule has 0 bridgehead atoms. The summed E-state index contributed by atoms with van der Waals surface area (Å²) in [5, 5.41) is 0.140. The van der Waals surface area contributed by atoms with E-state index in [-0.39, 0.29) is 5.04 Å². The lowest BCUT2D eigenvalue weighted by Crippen LogP contribution is -2.43. The lowest BCUT2D eigenvalue weighted by Gasteiger charge is -2.36. The summed E-state index contributed by atoms with van der Waals surface area (Å²) >= 11 is 0. The van der Waals surface area contributed by atoms with E-state index in [9.17, 15) is 4.79 Å². The van der Waals surface area contributed by atoms with E-state index >= 15 is 0 Å².